The van der Waals surface area contributed by atoms with Crippen LogP contribution in [0.25, 0.3) is 0 Å². The van der Waals surface area contributed by atoms with Crippen molar-refractivity contribution in [1.82, 2.24) is 0 Å². The zero-order valence-electron chi connectivity index (χ0n) is 33.4. The van der Waals surface area contributed by atoms with E-state index in [0.29, 0.717) is 0 Å². The summed E-state index contributed by atoms with van der Waals surface area (Å²) in [5, 5.41) is 20.5. The first-order valence-electron chi connectivity index (χ1n) is 21.1. The van der Waals surface area contributed by atoms with E-state index in [4.69, 9.17) is 0 Å². The van der Waals surface area contributed by atoms with E-state index in [0.717, 1.165) is 24.3 Å². The van der Waals surface area contributed by atoms with Crippen LogP contribution in [-0.4, -0.2) is 56.1 Å². The zero-order chi connectivity index (χ0) is 36.7. The molecule has 0 saturated heterocycles. The Kier molecular flexibility index (Phi) is 58.0. The van der Waals surface area contributed by atoms with Crippen LogP contribution in [-0.2, 0) is 9.59 Å². The van der Waals surface area contributed by atoms with E-state index in [1.165, 1.54) is 216 Å². The second-order valence-electron chi connectivity index (χ2n) is 14.0. The van der Waals surface area contributed by atoms with Gasteiger partial charge in [-0.2, -0.15) is 23.5 Å². The number of hydrogen-bond donors (Lipinski definition) is 0. The van der Waals surface area contributed by atoms with Crippen LogP contribution < -0.4 is 10.2 Å². The van der Waals surface area contributed by atoms with E-state index in [1.807, 2.05) is 0 Å². The number of unbranched alkanes of at least 4 members (excludes halogenated alkanes) is 30. The summed E-state index contributed by atoms with van der Waals surface area (Å²) in [6.07, 6.45) is 44.2. The molecule has 0 aliphatic carbocycles. The molecule has 7 heteroatoms. The Labute approximate surface area is 326 Å². The van der Waals surface area contributed by atoms with E-state index < -0.39 is 11.9 Å². The summed E-state index contributed by atoms with van der Waals surface area (Å²) in [7, 11) is 0. The molecule has 0 aromatic rings. The minimum absolute atomic E-state index is 0.152. The van der Waals surface area contributed by atoms with E-state index in [2.05, 4.69) is 23.7 Å². The van der Waals surface area contributed by atoms with Crippen molar-refractivity contribution < 1.29 is 19.8 Å². The van der Waals surface area contributed by atoms with Gasteiger partial charge in [-0.1, -0.05) is 206 Å². The Bertz CT molecular complexity index is 559. The molecule has 0 spiro atoms. The molecule has 49 heavy (non-hydrogen) atoms. The predicted molar refractivity (Wildman–Crippen MR) is 221 cm³/mol. The summed E-state index contributed by atoms with van der Waals surface area (Å²) in [4.78, 5) is 25.1. The maximum absolute atomic E-state index is 10.2. The number of carboxylic acids is 2. The molecule has 0 aromatic heterocycles. The van der Waals surface area contributed by atoms with Crippen molar-refractivity contribution in [3.05, 3.63) is 0 Å². The number of aliphatic carboxylic acids is 2. The summed E-state index contributed by atoms with van der Waals surface area (Å²) in [5.74, 6) is 0.356. The molecule has 0 N–H and O–H groups in total. The Morgan fingerprint density at radius 3 is 0.694 bits per heavy atom. The average molecular weight is 836 g/mol. The number of thioether (sulfide) groups is 2. The van der Waals surface area contributed by atoms with Crippen LogP contribution in [0, 0.1) is 0 Å². The fourth-order valence-corrected chi connectivity index (χ4v) is 7.25. The first-order valence-corrected chi connectivity index (χ1v) is 29.1. The molecule has 0 radical (unpaired) electrons. The molecule has 0 amide bonds. The summed E-state index contributed by atoms with van der Waals surface area (Å²) in [5.41, 5.74) is 0. The predicted octanol–water partition coefficient (Wildman–Crippen LogP) is 12.2. The van der Waals surface area contributed by atoms with Crippen LogP contribution in [0.15, 0.2) is 0 Å². The first-order chi connectivity index (χ1) is 24.0. The SMILES string of the molecule is CCCCCCCCCCCCCCCCCCSCC(=O)[O-].CCCCCCCCCCCCCCCCCCSCC(=O)[O-].[CH3][Sn+2][CH3]. The minimum atomic E-state index is -0.938. The van der Waals surface area contributed by atoms with Gasteiger partial charge in [-0.25, -0.2) is 0 Å². The zero-order valence-corrected chi connectivity index (χ0v) is 37.9. The molecular formula is C42H84O4S2Sn. The quantitative estimate of drug-likeness (QED) is 0.0455. The summed E-state index contributed by atoms with van der Waals surface area (Å²) >= 11 is 3.20. The van der Waals surface area contributed by atoms with Crippen LogP contribution in [0.2, 0.25) is 9.88 Å². The molecule has 0 saturated carbocycles. The van der Waals surface area contributed by atoms with Crippen LogP contribution in [0.1, 0.15) is 219 Å². The average Bonchev–Trinajstić information content (AvgIpc) is 3.07. The van der Waals surface area contributed by atoms with Crippen molar-refractivity contribution in [2.75, 3.05) is 23.0 Å². The van der Waals surface area contributed by atoms with E-state index in [1.54, 1.807) is 0 Å². The number of carbonyl (C=O) groups is 2. The van der Waals surface area contributed by atoms with Gasteiger partial charge in [0.15, 0.2) is 0 Å². The third kappa shape index (κ3) is 63.9. The standard InChI is InChI=1S/2C20H40O2S.2CH3.Sn/c2*1-2-3-4-5-6-7-8-9-10-11-12-13-14-15-16-17-18-23-19-20(21)22;;;/h2*2-19H2,1H3,(H,21,22);2*1H3;/q;;;;+2/p-2. The van der Waals surface area contributed by atoms with Gasteiger partial charge in [-0.15, -0.1) is 0 Å². The molecule has 0 atom stereocenters. The first kappa shape index (κ1) is 53.8. The van der Waals surface area contributed by atoms with Gasteiger partial charge in [-0.05, 0) is 24.3 Å². The second kappa shape index (κ2) is 52.8. The van der Waals surface area contributed by atoms with Gasteiger partial charge in [-0.3, -0.25) is 0 Å². The van der Waals surface area contributed by atoms with Crippen molar-refractivity contribution in [1.29, 1.82) is 0 Å². The number of carbonyl (C=O) groups excluding carboxylic acids is 2. The Morgan fingerprint density at radius 1 is 0.367 bits per heavy atom. The third-order valence-corrected chi connectivity index (χ3v) is 10.8. The van der Waals surface area contributed by atoms with E-state index >= 15 is 0 Å². The van der Waals surface area contributed by atoms with Crippen LogP contribution in [0.5, 0.6) is 0 Å². The van der Waals surface area contributed by atoms with Crippen molar-refractivity contribution in [3.63, 3.8) is 0 Å². The molecule has 292 valence electrons. The van der Waals surface area contributed by atoms with E-state index in [9.17, 15) is 19.8 Å². The van der Waals surface area contributed by atoms with Gasteiger partial charge in [0.1, 0.15) is 0 Å². The molecule has 0 unspecified atom stereocenters. The Hall–Kier alpha value is 0.439. The van der Waals surface area contributed by atoms with Crippen molar-refractivity contribution >= 4 is 56.6 Å². The van der Waals surface area contributed by atoms with E-state index in [-0.39, 0.29) is 32.6 Å². The molecule has 0 rings (SSSR count). The topological polar surface area (TPSA) is 80.3 Å². The number of carboxylic acid groups (broad SMARTS) is 2. The van der Waals surface area contributed by atoms with Crippen LogP contribution in [0.3, 0.4) is 0 Å². The maximum atomic E-state index is 10.2. The fraction of sp³-hybridized carbons (Fsp3) is 0.952. The monoisotopic (exact) mass is 836 g/mol. The third-order valence-electron chi connectivity index (χ3n) is 8.72. The van der Waals surface area contributed by atoms with Gasteiger partial charge in [0.05, 0.1) is 11.9 Å². The Balaban J connectivity index is -0.000000798. The summed E-state index contributed by atoms with van der Waals surface area (Å²) in [6, 6.07) is 0. The van der Waals surface area contributed by atoms with Gasteiger partial charge in [0, 0.05) is 11.5 Å². The van der Waals surface area contributed by atoms with Gasteiger partial charge in [0.2, 0.25) is 0 Å². The molecule has 0 aromatic carbocycles. The van der Waals surface area contributed by atoms with Crippen LogP contribution in [0.4, 0.5) is 0 Å². The normalized spacial score (nSPS) is 10.5. The summed E-state index contributed by atoms with van der Waals surface area (Å²) < 4.78 is 0. The van der Waals surface area contributed by atoms with Gasteiger partial charge in [0.25, 0.3) is 0 Å². The molecule has 0 aliphatic heterocycles. The number of hydrogen-bond acceptors (Lipinski definition) is 6. The molecule has 0 bridgehead atoms. The van der Waals surface area contributed by atoms with Crippen molar-refractivity contribution in [3.8, 4) is 0 Å². The molecular weight excluding hydrogens is 751 g/mol. The van der Waals surface area contributed by atoms with Gasteiger partial charge >= 0.3 is 31.0 Å². The summed E-state index contributed by atoms with van der Waals surface area (Å²) in [6.45, 7) is 4.55. The van der Waals surface area contributed by atoms with Crippen LogP contribution >= 0.6 is 23.5 Å². The van der Waals surface area contributed by atoms with Crippen molar-refractivity contribution in [2.45, 2.75) is 229 Å². The molecule has 0 aliphatic rings. The second-order valence-corrected chi connectivity index (χ2v) is 19.0. The Morgan fingerprint density at radius 2 is 0.531 bits per heavy atom. The molecule has 0 heterocycles. The molecule has 4 nitrogen and oxygen atoms in total. The van der Waals surface area contributed by atoms with Gasteiger partial charge < -0.3 is 19.8 Å². The number of rotatable bonds is 38. The molecule has 0 fully saturated rings. The fourth-order valence-electron chi connectivity index (χ4n) is 5.82. The van der Waals surface area contributed by atoms with Crippen molar-refractivity contribution in [2.24, 2.45) is 0 Å².